The molecule has 0 amide bonds. The Morgan fingerprint density at radius 3 is 2.83 bits per heavy atom. The highest BCUT2D eigenvalue weighted by molar-refractivity contribution is 14.1. The van der Waals surface area contributed by atoms with Crippen molar-refractivity contribution in [3.05, 3.63) is 31.8 Å². The van der Waals surface area contributed by atoms with Gasteiger partial charge >= 0.3 is 0 Å². The fraction of sp³-hybridized carbons (Fsp3) is 0.538. The Bertz CT molecular complexity index is 439. The number of alkyl halides is 2. The van der Waals surface area contributed by atoms with Crippen LogP contribution in [0.25, 0.3) is 0 Å². The van der Waals surface area contributed by atoms with E-state index in [1.807, 2.05) is 18.2 Å². The quantitative estimate of drug-likeness (QED) is 0.681. The van der Waals surface area contributed by atoms with Gasteiger partial charge in [-0.2, -0.15) is 0 Å². The van der Waals surface area contributed by atoms with Gasteiger partial charge in [0.2, 0.25) is 5.92 Å². The first kappa shape index (κ1) is 14.7. The number of hydrogen-bond acceptors (Lipinski definition) is 1. The van der Waals surface area contributed by atoms with Crippen molar-refractivity contribution in [3.63, 3.8) is 0 Å². The molecular formula is C13H15BrF2IN. The maximum Gasteiger partial charge on any atom is 0.248 e. The van der Waals surface area contributed by atoms with Crippen LogP contribution in [0, 0.1) is 9.49 Å². The van der Waals surface area contributed by atoms with Crippen molar-refractivity contribution >= 4 is 38.5 Å². The largest absolute Gasteiger partial charge is 0.324 e. The van der Waals surface area contributed by atoms with Crippen LogP contribution in [0.3, 0.4) is 0 Å². The molecule has 2 atom stereocenters. The average Bonchev–Trinajstić information content (AvgIpc) is 2.61. The van der Waals surface area contributed by atoms with Gasteiger partial charge in [0.1, 0.15) is 0 Å². The van der Waals surface area contributed by atoms with Crippen molar-refractivity contribution in [1.29, 1.82) is 0 Å². The van der Waals surface area contributed by atoms with Crippen LogP contribution < -0.4 is 5.73 Å². The predicted molar refractivity (Wildman–Crippen MR) is 80.7 cm³/mol. The maximum absolute atomic E-state index is 13.1. The summed E-state index contributed by atoms with van der Waals surface area (Å²) in [5.74, 6) is -2.43. The third kappa shape index (κ3) is 3.63. The molecular weight excluding hydrogens is 415 g/mol. The first-order valence-corrected chi connectivity index (χ1v) is 7.83. The van der Waals surface area contributed by atoms with E-state index in [2.05, 4.69) is 38.5 Å². The lowest BCUT2D eigenvalue weighted by atomic mass is 9.94. The number of rotatable bonds is 3. The van der Waals surface area contributed by atoms with Gasteiger partial charge in [0, 0.05) is 26.9 Å². The lowest BCUT2D eigenvalue weighted by Crippen LogP contribution is -2.17. The molecule has 2 rings (SSSR count). The summed E-state index contributed by atoms with van der Waals surface area (Å²) in [6, 6.07) is 5.78. The van der Waals surface area contributed by atoms with Crippen molar-refractivity contribution in [3.8, 4) is 0 Å². The molecule has 1 fully saturated rings. The minimum absolute atomic E-state index is 0.00865. The highest BCUT2D eigenvalue weighted by Crippen LogP contribution is 2.42. The van der Waals surface area contributed by atoms with Crippen LogP contribution in [0.15, 0.2) is 22.7 Å². The van der Waals surface area contributed by atoms with Crippen molar-refractivity contribution in [2.75, 3.05) is 0 Å². The highest BCUT2D eigenvalue weighted by Gasteiger charge is 2.39. The summed E-state index contributed by atoms with van der Waals surface area (Å²) >= 11 is 5.65. The Morgan fingerprint density at radius 1 is 1.50 bits per heavy atom. The molecule has 2 unspecified atom stereocenters. The fourth-order valence-corrected chi connectivity index (χ4v) is 3.64. The number of hydrogen-bond donors (Lipinski definition) is 1. The summed E-state index contributed by atoms with van der Waals surface area (Å²) in [4.78, 5) is 0. The molecule has 100 valence electrons. The molecule has 0 saturated heterocycles. The molecule has 1 aliphatic carbocycles. The van der Waals surface area contributed by atoms with Crippen LogP contribution in [-0.4, -0.2) is 5.92 Å². The minimum atomic E-state index is -2.48. The van der Waals surface area contributed by atoms with Gasteiger partial charge in [0.05, 0.1) is 0 Å². The lowest BCUT2D eigenvalue weighted by molar-refractivity contribution is 0.00446. The summed E-state index contributed by atoms with van der Waals surface area (Å²) in [6.07, 6.45) is 1.23. The SMILES string of the molecule is NC(CC1CCC(F)(F)C1)c1cc(Br)ccc1I. The number of nitrogens with two attached hydrogens (primary N) is 1. The molecule has 5 heteroatoms. The fourth-order valence-electron chi connectivity index (χ4n) is 2.53. The first-order chi connectivity index (χ1) is 8.37. The van der Waals surface area contributed by atoms with Gasteiger partial charge in [-0.3, -0.25) is 0 Å². The molecule has 1 aliphatic rings. The topological polar surface area (TPSA) is 26.0 Å². The van der Waals surface area contributed by atoms with Gasteiger partial charge in [0.15, 0.2) is 0 Å². The van der Waals surface area contributed by atoms with E-state index >= 15 is 0 Å². The molecule has 0 bridgehead atoms. The third-order valence-corrected chi connectivity index (χ3v) is 4.93. The second-order valence-electron chi connectivity index (χ2n) is 4.97. The van der Waals surface area contributed by atoms with E-state index in [-0.39, 0.29) is 24.8 Å². The Labute approximate surface area is 128 Å². The standard InChI is InChI=1S/C13H15BrF2IN/c14-9-1-2-11(17)10(6-9)12(18)5-8-3-4-13(15,16)7-8/h1-2,6,8,12H,3-5,7,18H2. The van der Waals surface area contributed by atoms with Crippen LogP contribution in [0.2, 0.25) is 0 Å². The van der Waals surface area contributed by atoms with E-state index in [0.29, 0.717) is 12.8 Å². The van der Waals surface area contributed by atoms with Crippen molar-refractivity contribution < 1.29 is 8.78 Å². The zero-order chi connectivity index (χ0) is 13.3. The van der Waals surface area contributed by atoms with Crippen LogP contribution >= 0.6 is 38.5 Å². The van der Waals surface area contributed by atoms with Gasteiger partial charge in [-0.25, -0.2) is 8.78 Å². The Balaban J connectivity index is 2.04. The molecule has 0 aliphatic heterocycles. The number of benzene rings is 1. The summed E-state index contributed by atoms with van der Waals surface area (Å²) in [6.45, 7) is 0. The normalized spacial score (nSPS) is 24.2. The molecule has 18 heavy (non-hydrogen) atoms. The average molecular weight is 430 g/mol. The van der Waals surface area contributed by atoms with Crippen LogP contribution in [-0.2, 0) is 0 Å². The maximum atomic E-state index is 13.1. The Hall–Kier alpha value is 0.250. The van der Waals surface area contributed by atoms with Gasteiger partial charge < -0.3 is 5.73 Å². The van der Waals surface area contributed by atoms with E-state index in [4.69, 9.17) is 5.73 Å². The van der Waals surface area contributed by atoms with Crippen LogP contribution in [0.5, 0.6) is 0 Å². The Morgan fingerprint density at radius 2 is 2.22 bits per heavy atom. The van der Waals surface area contributed by atoms with Crippen molar-refractivity contribution in [1.82, 2.24) is 0 Å². The minimum Gasteiger partial charge on any atom is -0.324 e. The van der Waals surface area contributed by atoms with Crippen molar-refractivity contribution in [2.45, 2.75) is 37.6 Å². The van der Waals surface area contributed by atoms with E-state index in [1.165, 1.54) is 0 Å². The third-order valence-electron chi connectivity index (χ3n) is 3.45. The van der Waals surface area contributed by atoms with Gasteiger partial charge in [0.25, 0.3) is 0 Å². The molecule has 2 N–H and O–H groups in total. The van der Waals surface area contributed by atoms with Gasteiger partial charge in [-0.05, 0) is 65.1 Å². The van der Waals surface area contributed by atoms with E-state index < -0.39 is 5.92 Å². The second-order valence-corrected chi connectivity index (χ2v) is 7.05. The van der Waals surface area contributed by atoms with Crippen LogP contribution in [0.4, 0.5) is 8.78 Å². The highest BCUT2D eigenvalue weighted by atomic mass is 127. The smallest absolute Gasteiger partial charge is 0.248 e. The summed E-state index contributed by atoms with van der Waals surface area (Å²) in [5.41, 5.74) is 7.20. The lowest BCUT2D eigenvalue weighted by Gasteiger charge is -2.18. The summed E-state index contributed by atoms with van der Waals surface area (Å²) < 4.78 is 28.3. The molecule has 0 heterocycles. The molecule has 1 aromatic rings. The number of halogens is 4. The second kappa shape index (κ2) is 5.71. The predicted octanol–water partition coefficient (Wildman–Crippen LogP) is 4.88. The van der Waals surface area contributed by atoms with Crippen LogP contribution in [0.1, 0.15) is 37.3 Å². The monoisotopic (exact) mass is 429 g/mol. The molecule has 0 radical (unpaired) electrons. The zero-order valence-corrected chi connectivity index (χ0v) is 13.5. The van der Waals surface area contributed by atoms with E-state index in [0.717, 1.165) is 13.6 Å². The first-order valence-electron chi connectivity index (χ1n) is 5.96. The molecule has 1 aromatic carbocycles. The zero-order valence-electron chi connectivity index (χ0n) is 9.80. The van der Waals surface area contributed by atoms with Gasteiger partial charge in [-0.1, -0.05) is 15.9 Å². The van der Waals surface area contributed by atoms with Gasteiger partial charge in [-0.15, -0.1) is 0 Å². The molecule has 0 spiro atoms. The molecule has 0 aromatic heterocycles. The molecule has 1 saturated carbocycles. The van der Waals surface area contributed by atoms with E-state index in [1.54, 1.807) is 0 Å². The molecule has 1 nitrogen and oxygen atoms in total. The summed E-state index contributed by atoms with van der Waals surface area (Å²) in [5, 5.41) is 0. The van der Waals surface area contributed by atoms with Crippen molar-refractivity contribution in [2.24, 2.45) is 11.7 Å². The van der Waals surface area contributed by atoms with E-state index in [9.17, 15) is 8.78 Å². The summed E-state index contributed by atoms with van der Waals surface area (Å²) in [7, 11) is 0. The Kier molecular flexibility index (Phi) is 4.65.